The van der Waals surface area contributed by atoms with Gasteiger partial charge < -0.3 is 10.5 Å². The van der Waals surface area contributed by atoms with Gasteiger partial charge in [0.1, 0.15) is 5.25 Å². The maximum absolute atomic E-state index is 11.1. The van der Waals surface area contributed by atoms with Crippen molar-refractivity contribution in [3.63, 3.8) is 0 Å². The number of nitrogens with one attached hydrogen (secondary N) is 1. The molecule has 5 N–H and O–H groups in total. The van der Waals surface area contributed by atoms with E-state index in [2.05, 4.69) is 5.43 Å². The predicted octanol–water partition coefficient (Wildman–Crippen LogP) is -0.927. The van der Waals surface area contributed by atoms with Crippen LogP contribution in [-0.4, -0.2) is 37.2 Å². The van der Waals surface area contributed by atoms with Crippen LogP contribution in [0.5, 0.6) is 0 Å². The lowest BCUT2D eigenvalue weighted by Gasteiger charge is -2.13. The van der Waals surface area contributed by atoms with E-state index in [1.165, 1.54) is 11.8 Å². The monoisotopic (exact) mass is 207 g/mol. The third-order valence-electron chi connectivity index (χ3n) is 1.42. The largest absolute Gasteiger partial charge is 0.383 e. The molecule has 0 saturated heterocycles. The van der Waals surface area contributed by atoms with Crippen LogP contribution < -0.4 is 17.0 Å². The first-order valence-electron chi connectivity index (χ1n) is 4.07. The van der Waals surface area contributed by atoms with E-state index in [-0.39, 0.29) is 11.2 Å². The minimum absolute atomic E-state index is 0.205. The van der Waals surface area contributed by atoms with Gasteiger partial charge in [-0.05, 0) is 18.7 Å². The molecule has 0 bridgehead atoms. The number of amides is 1. The molecular formula is C7H17N3O2S. The van der Waals surface area contributed by atoms with Crippen molar-refractivity contribution >= 4 is 17.7 Å². The van der Waals surface area contributed by atoms with E-state index in [0.717, 1.165) is 12.2 Å². The molecule has 0 radical (unpaired) electrons. The van der Waals surface area contributed by atoms with Crippen LogP contribution in [0.1, 0.15) is 6.42 Å². The molecule has 0 aromatic heterocycles. The van der Waals surface area contributed by atoms with Gasteiger partial charge in [-0.25, -0.2) is 5.84 Å². The number of rotatable bonds is 7. The highest BCUT2D eigenvalue weighted by molar-refractivity contribution is 8.00. The van der Waals surface area contributed by atoms with Gasteiger partial charge >= 0.3 is 0 Å². The van der Waals surface area contributed by atoms with E-state index >= 15 is 0 Å². The molecule has 78 valence electrons. The first kappa shape index (κ1) is 12.7. The van der Waals surface area contributed by atoms with Gasteiger partial charge in [0, 0.05) is 7.11 Å². The summed E-state index contributed by atoms with van der Waals surface area (Å²) >= 11 is 1.51. The zero-order chi connectivity index (χ0) is 10.1. The molecule has 13 heavy (non-hydrogen) atoms. The van der Waals surface area contributed by atoms with Gasteiger partial charge in [0.25, 0.3) is 0 Å². The Morgan fingerprint density at radius 2 is 2.38 bits per heavy atom. The van der Waals surface area contributed by atoms with Crippen LogP contribution in [0.15, 0.2) is 0 Å². The van der Waals surface area contributed by atoms with Gasteiger partial charge in [0.15, 0.2) is 0 Å². The number of methoxy groups -OCH3 is 1. The normalized spacial score (nSPS) is 12.5. The lowest BCUT2D eigenvalue weighted by atomic mass is 10.4. The van der Waals surface area contributed by atoms with E-state index < -0.39 is 0 Å². The summed E-state index contributed by atoms with van der Waals surface area (Å²) in [5, 5.41) is -0.235. The molecular weight excluding hydrogens is 190 g/mol. The molecule has 0 rings (SSSR count). The summed E-state index contributed by atoms with van der Waals surface area (Å²) in [5.74, 6) is 5.65. The average molecular weight is 207 g/mol. The standard InChI is InChI=1S/C7H17N3O2S/c1-12-5-6(7(11)10-9)13-4-2-3-8/h6H,2-5,8-9H2,1H3,(H,10,11). The molecule has 0 saturated carbocycles. The predicted molar refractivity (Wildman–Crippen MR) is 54.1 cm³/mol. The molecule has 0 fully saturated rings. The zero-order valence-corrected chi connectivity index (χ0v) is 8.60. The Balaban J connectivity index is 3.73. The molecule has 5 nitrogen and oxygen atoms in total. The van der Waals surface area contributed by atoms with Crippen molar-refractivity contribution in [3.8, 4) is 0 Å². The SMILES string of the molecule is COCC(SCCCN)C(=O)NN. The third-order valence-corrected chi connectivity index (χ3v) is 2.70. The van der Waals surface area contributed by atoms with Crippen LogP contribution in [0.3, 0.4) is 0 Å². The van der Waals surface area contributed by atoms with Crippen LogP contribution >= 0.6 is 11.8 Å². The number of hydrogen-bond acceptors (Lipinski definition) is 5. The fourth-order valence-corrected chi connectivity index (χ4v) is 1.82. The maximum Gasteiger partial charge on any atom is 0.249 e. The quantitative estimate of drug-likeness (QED) is 0.217. The molecule has 6 heteroatoms. The zero-order valence-electron chi connectivity index (χ0n) is 7.79. The fraction of sp³-hybridized carbons (Fsp3) is 0.857. The van der Waals surface area contributed by atoms with Crippen LogP contribution in [0, 0.1) is 0 Å². The molecule has 0 aliphatic carbocycles. The minimum atomic E-state index is -0.235. The lowest BCUT2D eigenvalue weighted by Crippen LogP contribution is -2.39. The Kier molecular flexibility index (Phi) is 8.11. The van der Waals surface area contributed by atoms with Crippen LogP contribution in [0.4, 0.5) is 0 Å². The maximum atomic E-state index is 11.1. The Morgan fingerprint density at radius 1 is 1.69 bits per heavy atom. The van der Waals surface area contributed by atoms with Gasteiger partial charge in [-0.15, -0.1) is 11.8 Å². The Bertz CT molecular complexity index is 146. The van der Waals surface area contributed by atoms with Crippen molar-refractivity contribution in [1.82, 2.24) is 5.43 Å². The van der Waals surface area contributed by atoms with Crippen molar-refractivity contribution < 1.29 is 9.53 Å². The molecule has 0 heterocycles. The van der Waals surface area contributed by atoms with Crippen molar-refractivity contribution in [2.45, 2.75) is 11.7 Å². The van der Waals surface area contributed by atoms with Crippen molar-refractivity contribution in [3.05, 3.63) is 0 Å². The second kappa shape index (κ2) is 8.31. The number of carbonyl (C=O) groups excluding carboxylic acids is 1. The van der Waals surface area contributed by atoms with Crippen molar-refractivity contribution in [2.75, 3.05) is 26.0 Å². The second-order valence-electron chi connectivity index (χ2n) is 2.47. The van der Waals surface area contributed by atoms with E-state index in [1.54, 1.807) is 7.11 Å². The van der Waals surface area contributed by atoms with Gasteiger partial charge in [-0.2, -0.15) is 0 Å². The fourth-order valence-electron chi connectivity index (χ4n) is 0.753. The number of carbonyl (C=O) groups is 1. The van der Waals surface area contributed by atoms with E-state index in [1.807, 2.05) is 0 Å². The molecule has 0 aromatic rings. The Labute approximate surface area is 82.5 Å². The van der Waals surface area contributed by atoms with Gasteiger partial charge in [-0.1, -0.05) is 0 Å². The Morgan fingerprint density at radius 3 is 2.85 bits per heavy atom. The topological polar surface area (TPSA) is 90.4 Å². The van der Waals surface area contributed by atoms with Crippen LogP contribution in [0.2, 0.25) is 0 Å². The van der Waals surface area contributed by atoms with Gasteiger partial charge in [0.2, 0.25) is 5.91 Å². The molecule has 0 aliphatic heterocycles. The molecule has 0 aromatic carbocycles. The van der Waals surface area contributed by atoms with Gasteiger partial charge in [0.05, 0.1) is 6.61 Å². The average Bonchev–Trinajstić information content (AvgIpc) is 2.16. The van der Waals surface area contributed by atoms with Gasteiger partial charge in [-0.3, -0.25) is 10.2 Å². The van der Waals surface area contributed by atoms with Crippen LogP contribution in [0.25, 0.3) is 0 Å². The summed E-state index contributed by atoms with van der Waals surface area (Å²) in [5.41, 5.74) is 7.43. The molecule has 0 aliphatic rings. The molecule has 1 unspecified atom stereocenters. The summed E-state index contributed by atoms with van der Waals surface area (Å²) in [4.78, 5) is 11.1. The first-order chi connectivity index (χ1) is 6.26. The molecule has 1 atom stereocenters. The highest BCUT2D eigenvalue weighted by atomic mass is 32.2. The van der Waals surface area contributed by atoms with Crippen molar-refractivity contribution in [1.29, 1.82) is 0 Å². The number of nitrogens with two attached hydrogens (primary N) is 2. The highest BCUT2D eigenvalue weighted by Gasteiger charge is 2.16. The molecule has 1 amide bonds. The number of hydrazine groups is 1. The summed E-state index contributed by atoms with van der Waals surface area (Å²) < 4.78 is 4.89. The second-order valence-corrected chi connectivity index (χ2v) is 3.78. The number of ether oxygens (including phenoxy) is 1. The first-order valence-corrected chi connectivity index (χ1v) is 5.12. The summed E-state index contributed by atoms with van der Waals surface area (Å²) in [7, 11) is 1.56. The summed E-state index contributed by atoms with van der Waals surface area (Å²) in [6, 6.07) is 0. The van der Waals surface area contributed by atoms with E-state index in [9.17, 15) is 4.79 Å². The number of thioether (sulfide) groups is 1. The summed E-state index contributed by atoms with van der Waals surface area (Å²) in [6.45, 7) is 1.01. The van der Waals surface area contributed by atoms with Crippen molar-refractivity contribution in [2.24, 2.45) is 11.6 Å². The molecule has 0 spiro atoms. The highest BCUT2D eigenvalue weighted by Crippen LogP contribution is 2.12. The van der Waals surface area contributed by atoms with E-state index in [0.29, 0.717) is 13.2 Å². The summed E-state index contributed by atoms with van der Waals surface area (Å²) in [6.07, 6.45) is 0.892. The number of hydrogen-bond donors (Lipinski definition) is 3. The lowest BCUT2D eigenvalue weighted by molar-refractivity contribution is -0.121. The van der Waals surface area contributed by atoms with E-state index in [4.69, 9.17) is 16.3 Å². The Hall–Kier alpha value is -0.300. The minimum Gasteiger partial charge on any atom is -0.383 e. The van der Waals surface area contributed by atoms with Crippen LogP contribution in [-0.2, 0) is 9.53 Å². The smallest absolute Gasteiger partial charge is 0.249 e. The third kappa shape index (κ3) is 5.87.